The minimum atomic E-state index is 0.608. The molecule has 0 N–H and O–H groups in total. The molecule has 0 bridgehead atoms. The molecule has 2 aromatic rings. The molecule has 1 heterocycles. The smallest absolute Gasteiger partial charge is 0.118 e. The number of benzene rings is 1. The van der Waals surface area contributed by atoms with Crippen LogP contribution in [0.4, 0.5) is 0 Å². The van der Waals surface area contributed by atoms with Gasteiger partial charge in [-0.2, -0.15) is 5.26 Å². The van der Waals surface area contributed by atoms with Gasteiger partial charge in [0.1, 0.15) is 5.75 Å². The molecule has 0 fully saturated rings. The molecule has 0 amide bonds. The summed E-state index contributed by atoms with van der Waals surface area (Å²) in [5.41, 5.74) is 1.47. The topological polar surface area (TPSA) is 33.0 Å². The van der Waals surface area contributed by atoms with E-state index >= 15 is 0 Å². The molecule has 1 aromatic carbocycles. The third-order valence-electron chi connectivity index (χ3n) is 2.40. The van der Waals surface area contributed by atoms with E-state index in [1.165, 1.54) is 11.3 Å². The SMILES string of the molecule is COc1ccc(/C(C#N)=C/c2ccc(Cl)s2)cc1. The maximum Gasteiger partial charge on any atom is 0.118 e. The molecule has 0 spiro atoms. The molecular formula is C14H10ClNOS. The number of thiophene rings is 1. The number of hydrogen-bond acceptors (Lipinski definition) is 3. The van der Waals surface area contributed by atoms with Crippen LogP contribution in [0.15, 0.2) is 36.4 Å². The Hall–Kier alpha value is -1.76. The van der Waals surface area contributed by atoms with Crippen LogP contribution in [-0.4, -0.2) is 7.11 Å². The first kappa shape index (κ1) is 12.7. The predicted octanol–water partition coefficient (Wildman–Crippen LogP) is 4.47. The van der Waals surface area contributed by atoms with Gasteiger partial charge in [0.05, 0.1) is 23.1 Å². The summed E-state index contributed by atoms with van der Waals surface area (Å²) in [4.78, 5) is 0.965. The Morgan fingerprint density at radius 3 is 2.50 bits per heavy atom. The minimum absolute atomic E-state index is 0.608. The molecule has 18 heavy (non-hydrogen) atoms. The van der Waals surface area contributed by atoms with Crippen molar-refractivity contribution in [1.29, 1.82) is 5.26 Å². The van der Waals surface area contributed by atoms with Gasteiger partial charge in [-0.25, -0.2) is 0 Å². The molecule has 0 saturated carbocycles. The number of allylic oxidation sites excluding steroid dienone is 1. The van der Waals surface area contributed by atoms with E-state index in [0.717, 1.165) is 16.2 Å². The van der Waals surface area contributed by atoms with Crippen LogP contribution in [0.3, 0.4) is 0 Å². The highest BCUT2D eigenvalue weighted by Crippen LogP contribution is 2.26. The highest BCUT2D eigenvalue weighted by atomic mass is 35.5. The van der Waals surface area contributed by atoms with Crippen LogP contribution >= 0.6 is 22.9 Å². The van der Waals surface area contributed by atoms with Gasteiger partial charge in [0.15, 0.2) is 0 Å². The summed E-state index contributed by atoms with van der Waals surface area (Å²) < 4.78 is 5.80. The maximum absolute atomic E-state index is 9.20. The second-order valence-corrected chi connectivity index (χ2v) is 5.29. The molecule has 0 unspecified atom stereocenters. The monoisotopic (exact) mass is 275 g/mol. The zero-order valence-electron chi connectivity index (χ0n) is 9.68. The van der Waals surface area contributed by atoms with Crippen LogP contribution < -0.4 is 4.74 Å². The first-order valence-electron chi connectivity index (χ1n) is 5.24. The summed E-state index contributed by atoms with van der Waals surface area (Å²) >= 11 is 7.31. The Morgan fingerprint density at radius 2 is 2.00 bits per heavy atom. The van der Waals surface area contributed by atoms with E-state index in [9.17, 15) is 5.26 Å². The van der Waals surface area contributed by atoms with Crippen LogP contribution in [0, 0.1) is 11.3 Å². The summed E-state index contributed by atoms with van der Waals surface area (Å²) in [6.45, 7) is 0. The van der Waals surface area contributed by atoms with Gasteiger partial charge in [-0.1, -0.05) is 11.6 Å². The first-order chi connectivity index (χ1) is 8.72. The van der Waals surface area contributed by atoms with Crippen LogP contribution in [0.1, 0.15) is 10.4 Å². The van der Waals surface area contributed by atoms with E-state index < -0.39 is 0 Å². The van der Waals surface area contributed by atoms with E-state index in [1.54, 1.807) is 7.11 Å². The van der Waals surface area contributed by atoms with Crippen LogP contribution in [0.2, 0.25) is 4.34 Å². The lowest BCUT2D eigenvalue weighted by Crippen LogP contribution is -1.84. The normalized spacial score (nSPS) is 11.1. The molecule has 0 aliphatic heterocycles. The number of halogens is 1. The Balaban J connectivity index is 2.33. The van der Waals surface area contributed by atoms with E-state index in [0.29, 0.717) is 9.91 Å². The number of hydrogen-bond donors (Lipinski definition) is 0. The van der Waals surface area contributed by atoms with Crippen molar-refractivity contribution in [3.63, 3.8) is 0 Å². The lowest BCUT2D eigenvalue weighted by Gasteiger charge is -2.01. The summed E-state index contributed by atoms with van der Waals surface area (Å²) in [6, 6.07) is 13.3. The molecule has 0 aliphatic rings. The average Bonchev–Trinajstić information content (AvgIpc) is 2.82. The molecular weight excluding hydrogens is 266 g/mol. The zero-order chi connectivity index (χ0) is 13.0. The third-order valence-corrected chi connectivity index (χ3v) is 3.58. The van der Waals surface area contributed by atoms with Gasteiger partial charge in [-0.15, -0.1) is 11.3 Å². The summed E-state index contributed by atoms with van der Waals surface area (Å²) in [5, 5.41) is 9.20. The predicted molar refractivity (Wildman–Crippen MR) is 75.8 cm³/mol. The van der Waals surface area contributed by atoms with Gasteiger partial charge in [0.2, 0.25) is 0 Å². The molecule has 0 aliphatic carbocycles. The fourth-order valence-electron chi connectivity index (χ4n) is 1.50. The first-order valence-corrected chi connectivity index (χ1v) is 6.44. The minimum Gasteiger partial charge on any atom is -0.497 e. The molecule has 0 saturated heterocycles. The van der Waals surface area contributed by atoms with E-state index in [1.807, 2.05) is 42.5 Å². The third kappa shape index (κ3) is 2.92. The van der Waals surface area contributed by atoms with Crippen LogP contribution in [0.5, 0.6) is 5.75 Å². The Morgan fingerprint density at radius 1 is 1.28 bits per heavy atom. The van der Waals surface area contributed by atoms with Crippen molar-refractivity contribution in [2.75, 3.05) is 7.11 Å². The quantitative estimate of drug-likeness (QED) is 0.774. The second-order valence-electron chi connectivity index (χ2n) is 3.54. The standard InChI is InChI=1S/C14H10ClNOS/c1-17-12-4-2-10(3-5-12)11(9-16)8-13-6-7-14(15)18-13/h2-8H,1H3/b11-8+. The van der Waals surface area contributed by atoms with Gasteiger partial charge in [-0.3, -0.25) is 0 Å². The lowest BCUT2D eigenvalue weighted by molar-refractivity contribution is 0.415. The van der Waals surface area contributed by atoms with Crippen molar-refractivity contribution in [3.8, 4) is 11.8 Å². The summed E-state index contributed by atoms with van der Waals surface area (Å²) in [5.74, 6) is 0.773. The molecule has 4 heteroatoms. The highest BCUT2D eigenvalue weighted by Gasteiger charge is 2.03. The van der Waals surface area contributed by atoms with Gasteiger partial charge in [0.25, 0.3) is 0 Å². The maximum atomic E-state index is 9.20. The number of ether oxygens (including phenoxy) is 1. The summed E-state index contributed by atoms with van der Waals surface area (Å²) in [7, 11) is 1.61. The Kier molecular flexibility index (Phi) is 4.03. The van der Waals surface area contributed by atoms with Crippen molar-refractivity contribution >= 4 is 34.6 Å². The van der Waals surface area contributed by atoms with Gasteiger partial charge < -0.3 is 4.74 Å². The molecule has 0 radical (unpaired) electrons. The number of rotatable bonds is 3. The van der Waals surface area contributed by atoms with E-state index in [2.05, 4.69) is 6.07 Å². The molecule has 2 nitrogen and oxygen atoms in total. The molecule has 0 atom stereocenters. The summed E-state index contributed by atoms with van der Waals surface area (Å²) in [6.07, 6.45) is 1.83. The van der Waals surface area contributed by atoms with Crippen molar-refractivity contribution in [3.05, 3.63) is 51.2 Å². The van der Waals surface area contributed by atoms with Crippen LogP contribution in [0.25, 0.3) is 11.6 Å². The second kappa shape index (κ2) is 5.72. The fourth-order valence-corrected chi connectivity index (χ4v) is 2.50. The van der Waals surface area contributed by atoms with Gasteiger partial charge in [0, 0.05) is 4.88 Å². The average molecular weight is 276 g/mol. The Bertz CT molecular complexity index is 607. The highest BCUT2D eigenvalue weighted by molar-refractivity contribution is 7.17. The van der Waals surface area contributed by atoms with Gasteiger partial charge >= 0.3 is 0 Å². The largest absolute Gasteiger partial charge is 0.497 e. The van der Waals surface area contributed by atoms with Gasteiger partial charge in [-0.05, 0) is 48.0 Å². The van der Waals surface area contributed by atoms with Crippen molar-refractivity contribution in [2.24, 2.45) is 0 Å². The fraction of sp³-hybridized carbons (Fsp3) is 0.0714. The molecule has 1 aromatic heterocycles. The van der Waals surface area contributed by atoms with Crippen LogP contribution in [-0.2, 0) is 0 Å². The Labute approximate surface area is 115 Å². The zero-order valence-corrected chi connectivity index (χ0v) is 11.3. The lowest BCUT2D eigenvalue weighted by atomic mass is 10.1. The van der Waals surface area contributed by atoms with Crippen molar-refractivity contribution in [1.82, 2.24) is 0 Å². The molecule has 2 rings (SSSR count). The molecule has 90 valence electrons. The number of nitrogens with zero attached hydrogens (tertiary/aromatic N) is 1. The number of nitriles is 1. The van der Waals surface area contributed by atoms with Crippen molar-refractivity contribution < 1.29 is 4.74 Å². The van der Waals surface area contributed by atoms with E-state index in [4.69, 9.17) is 16.3 Å². The van der Waals surface area contributed by atoms with E-state index in [-0.39, 0.29) is 0 Å². The van der Waals surface area contributed by atoms with Crippen molar-refractivity contribution in [2.45, 2.75) is 0 Å². The number of methoxy groups -OCH3 is 1.